The fourth-order valence-corrected chi connectivity index (χ4v) is 3.91. The normalized spacial score (nSPS) is 19.7. The maximum Gasteiger partial charge on any atom is 0.326 e. The first-order valence-corrected chi connectivity index (χ1v) is 8.71. The molecule has 1 aromatic rings. The van der Waals surface area contributed by atoms with E-state index in [0.29, 0.717) is 16.4 Å². The standard InChI is InChI=1S/C14H14F3N3O4S/c15-10-3-8(1-2-19-5-9(6-19)14(16)17)4-11(21)13(10)20-7-12(22)18-25(20,23)24/h3-4,21H,1-2,5-7H2,(H,18,22). The van der Waals surface area contributed by atoms with Gasteiger partial charge in [0, 0.05) is 25.2 Å². The summed E-state index contributed by atoms with van der Waals surface area (Å²) in [6, 6.07) is 2.25. The molecule has 1 aromatic carbocycles. The maximum atomic E-state index is 14.3. The van der Waals surface area contributed by atoms with Crippen LogP contribution >= 0.6 is 0 Å². The summed E-state index contributed by atoms with van der Waals surface area (Å²) in [4.78, 5) is 13.0. The van der Waals surface area contributed by atoms with Crippen LogP contribution in [0.3, 0.4) is 0 Å². The average molecular weight is 377 g/mol. The van der Waals surface area contributed by atoms with Gasteiger partial charge >= 0.3 is 10.2 Å². The van der Waals surface area contributed by atoms with Crippen LogP contribution in [0.1, 0.15) is 5.56 Å². The number of halogens is 3. The first-order chi connectivity index (χ1) is 11.7. The molecule has 0 atom stereocenters. The summed E-state index contributed by atoms with van der Waals surface area (Å²) in [5, 5.41) is 10.00. The monoisotopic (exact) mass is 377 g/mol. The molecule has 2 aliphatic heterocycles. The average Bonchev–Trinajstić information content (AvgIpc) is 2.68. The molecule has 136 valence electrons. The maximum absolute atomic E-state index is 14.3. The Bertz CT molecular complexity index is 837. The minimum absolute atomic E-state index is 0.0702. The molecule has 2 N–H and O–H groups in total. The van der Waals surface area contributed by atoms with Crippen molar-refractivity contribution >= 4 is 21.8 Å². The lowest BCUT2D eigenvalue weighted by Gasteiger charge is -2.33. The zero-order valence-electron chi connectivity index (χ0n) is 12.8. The van der Waals surface area contributed by atoms with Crippen LogP contribution in [0.5, 0.6) is 5.75 Å². The van der Waals surface area contributed by atoms with E-state index in [2.05, 4.69) is 0 Å². The lowest BCUT2D eigenvalue weighted by atomic mass is 10.1. The minimum atomic E-state index is -4.23. The predicted octanol–water partition coefficient (Wildman–Crippen LogP) is 0.721. The molecule has 0 aromatic heterocycles. The van der Waals surface area contributed by atoms with E-state index >= 15 is 0 Å². The van der Waals surface area contributed by atoms with Crippen molar-refractivity contribution in [3.05, 3.63) is 35.2 Å². The molecule has 0 unspecified atom stereocenters. The number of nitrogens with one attached hydrogen (secondary N) is 1. The van der Waals surface area contributed by atoms with Crippen LogP contribution in [0.2, 0.25) is 0 Å². The van der Waals surface area contributed by atoms with Crippen molar-refractivity contribution in [2.75, 3.05) is 30.5 Å². The Morgan fingerprint density at radius 3 is 2.44 bits per heavy atom. The second-order valence-electron chi connectivity index (χ2n) is 5.81. The topological polar surface area (TPSA) is 90.0 Å². The largest absolute Gasteiger partial charge is 0.506 e. The van der Waals surface area contributed by atoms with Gasteiger partial charge in [-0.25, -0.2) is 13.4 Å². The highest BCUT2D eigenvalue weighted by Gasteiger charge is 2.37. The predicted molar refractivity (Wildman–Crippen MR) is 81.9 cm³/mol. The Morgan fingerprint density at radius 2 is 1.92 bits per heavy atom. The van der Waals surface area contributed by atoms with Crippen molar-refractivity contribution in [2.24, 2.45) is 0 Å². The lowest BCUT2D eigenvalue weighted by molar-refractivity contribution is -0.117. The van der Waals surface area contributed by atoms with Gasteiger partial charge in [-0.3, -0.25) is 9.69 Å². The lowest BCUT2D eigenvalue weighted by Crippen LogP contribution is -2.41. The van der Waals surface area contributed by atoms with Crippen LogP contribution in [-0.2, 0) is 21.4 Å². The Morgan fingerprint density at radius 1 is 1.24 bits per heavy atom. The van der Waals surface area contributed by atoms with Crippen LogP contribution in [0.25, 0.3) is 0 Å². The van der Waals surface area contributed by atoms with E-state index in [1.807, 2.05) is 0 Å². The minimum Gasteiger partial charge on any atom is -0.506 e. The number of nitrogens with zero attached hydrogens (tertiary/aromatic N) is 2. The molecule has 2 fully saturated rings. The number of rotatable bonds is 4. The van der Waals surface area contributed by atoms with Gasteiger partial charge in [-0.05, 0) is 24.1 Å². The van der Waals surface area contributed by atoms with Crippen LogP contribution in [0.15, 0.2) is 23.8 Å². The van der Waals surface area contributed by atoms with Crippen molar-refractivity contribution in [2.45, 2.75) is 6.42 Å². The van der Waals surface area contributed by atoms with Crippen molar-refractivity contribution in [1.82, 2.24) is 9.62 Å². The smallest absolute Gasteiger partial charge is 0.326 e. The van der Waals surface area contributed by atoms with Crippen LogP contribution in [-0.4, -0.2) is 50.5 Å². The molecule has 0 bridgehead atoms. The Hall–Kier alpha value is -2.27. The van der Waals surface area contributed by atoms with Gasteiger partial charge in [0.15, 0.2) is 5.82 Å². The third-order valence-electron chi connectivity index (χ3n) is 3.99. The van der Waals surface area contributed by atoms with Crippen molar-refractivity contribution in [3.63, 3.8) is 0 Å². The Labute approximate surface area is 141 Å². The summed E-state index contributed by atoms with van der Waals surface area (Å²) in [7, 11) is -4.23. The highest BCUT2D eigenvalue weighted by Crippen LogP contribution is 2.34. The first-order valence-electron chi connectivity index (χ1n) is 7.27. The molecule has 0 saturated carbocycles. The zero-order chi connectivity index (χ0) is 18.4. The first kappa shape index (κ1) is 17.5. The van der Waals surface area contributed by atoms with Gasteiger partial charge in [-0.2, -0.15) is 17.2 Å². The molecule has 11 heteroatoms. The molecular formula is C14H14F3N3O4S. The number of aromatic hydroxyl groups is 1. The quantitative estimate of drug-likeness (QED) is 0.807. The Balaban J connectivity index is 1.73. The molecule has 3 rings (SSSR count). The number of hydrogen-bond acceptors (Lipinski definition) is 5. The van der Waals surface area contributed by atoms with Crippen LogP contribution < -0.4 is 9.03 Å². The van der Waals surface area contributed by atoms with E-state index in [-0.39, 0.29) is 25.1 Å². The zero-order valence-corrected chi connectivity index (χ0v) is 13.6. The summed E-state index contributed by atoms with van der Waals surface area (Å²) >= 11 is 0. The van der Waals surface area contributed by atoms with Crippen molar-refractivity contribution in [1.29, 1.82) is 0 Å². The van der Waals surface area contributed by atoms with Gasteiger partial charge in [0.1, 0.15) is 18.0 Å². The van der Waals surface area contributed by atoms with Crippen LogP contribution in [0, 0.1) is 5.82 Å². The van der Waals surface area contributed by atoms with Crippen molar-refractivity contribution in [3.8, 4) is 5.75 Å². The molecule has 25 heavy (non-hydrogen) atoms. The molecule has 0 spiro atoms. The molecule has 2 saturated heterocycles. The third-order valence-corrected chi connectivity index (χ3v) is 5.36. The number of hydrogen-bond donors (Lipinski definition) is 2. The second-order valence-corrected chi connectivity index (χ2v) is 7.40. The van der Waals surface area contributed by atoms with E-state index < -0.39 is 46.0 Å². The fraction of sp³-hybridized carbons (Fsp3) is 0.357. The van der Waals surface area contributed by atoms with Crippen molar-refractivity contribution < 1.29 is 31.5 Å². The molecule has 2 heterocycles. The van der Waals surface area contributed by atoms with E-state index in [0.717, 1.165) is 6.07 Å². The van der Waals surface area contributed by atoms with E-state index in [1.165, 1.54) is 6.07 Å². The van der Waals surface area contributed by atoms with Crippen LogP contribution in [0.4, 0.5) is 18.9 Å². The molecule has 7 nitrogen and oxygen atoms in total. The van der Waals surface area contributed by atoms with E-state index in [9.17, 15) is 31.5 Å². The molecule has 0 aliphatic carbocycles. The number of benzene rings is 1. The number of amides is 1. The second kappa shape index (κ2) is 6.23. The van der Waals surface area contributed by atoms with Gasteiger partial charge in [0.2, 0.25) is 0 Å². The van der Waals surface area contributed by atoms with E-state index in [4.69, 9.17) is 0 Å². The molecule has 0 radical (unpaired) electrons. The summed E-state index contributed by atoms with van der Waals surface area (Å²) in [6.07, 6.45) is -1.39. The number of carbonyl (C=O) groups excluding carboxylic acids is 1. The third kappa shape index (κ3) is 3.42. The summed E-state index contributed by atoms with van der Waals surface area (Å²) in [6.45, 7) is 0.0598. The van der Waals surface area contributed by atoms with Gasteiger partial charge in [-0.15, -0.1) is 0 Å². The Kier molecular flexibility index (Phi) is 4.37. The SMILES string of the molecule is O=C1CN(c2c(O)cc(CCN3CC(=C(F)F)C3)cc2F)S(=O)(=O)N1. The summed E-state index contributed by atoms with van der Waals surface area (Å²) < 4.78 is 64.5. The highest BCUT2D eigenvalue weighted by atomic mass is 32.2. The van der Waals surface area contributed by atoms with Gasteiger partial charge in [-0.1, -0.05) is 0 Å². The molecule has 1 amide bonds. The number of anilines is 1. The van der Waals surface area contributed by atoms with Gasteiger partial charge in [0.05, 0.1) is 0 Å². The summed E-state index contributed by atoms with van der Waals surface area (Å²) in [5.41, 5.74) is -0.149. The number of phenols is 1. The van der Waals surface area contributed by atoms with E-state index in [1.54, 1.807) is 9.62 Å². The highest BCUT2D eigenvalue weighted by molar-refractivity contribution is 7.92. The number of phenolic OH excluding ortho intramolecular Hbond substituents is 1. The fourth-order valence-electron chi connectivity index (χ4n) is 2.73. The molecular weight excluding hydrogens is 363 g/mol. The number of carbonyl (C=O) groups is 1. The van der Waals surface area contributed by atoms with Gasteiger partial charge < -0.3 is 5.11 Å². The summed E-state index contributed by atoms with van der Waals surface area (Å²) in [5.74, 6) is -2.44. The number of likely N-dealkylation sites (tertiary alicyclic amines) is 1. The van der Waals surface area contributed by atoms with Gasteiger partial charge in [0.25, 0.3) is 12.0 Å². The molecule has 2 aliphatic rings.